The molecule has 1 saturated carbocycles. The number of hydrogen-bond donors (Lipinski definition) is 1. The van der Waals surface area contributed by atoms with Crippen LogP contribution < -0.4 is 5.32 Å². The van der Waals surface area contributed by atoms with Gasteiger partial charge in [0.2, 0.25) is 0 Å². The zero-order chi connectivity index (χ0) is 17.3. The first-order valence-corrected chi connectivity index (χ1v) is 9.18. The Hall–Kier alpha value is -1.63. The highest BCUT2D eigenvalue weighted by molar-refractivity contribution is 7.92. The quantitative estimate of drug-likeness (QED) is 0.847. The van der Waals surface area contributed by atoms with Crippen molar-refractivity contribution in [2.75, 3.05) is 12.4 Å². The lowest BCUT2D eigenvalue weighted by Crippen LogP contribution is -2.28. The van der Waals surface area contributed by atoms with Crippen LogP contribution in [0.2, 0.25) is 0 Å². The lowest BCUT2D eigenvalue weighted by molar-refractivity contribution is -0.145. The third kappa shape index (κ3) is 3.83. The molecular formula is C16H24N2O4S. The van der Waals surface area contributed by atoms with Gasteiger partial charge in [0.1, 0.15) is 0 Å². The summed E-state index contributed by atoms with van der Waals surface area (Å²) in [7, 11) is -2.04. The average molecular weight is 340 g/mol. The molecule has 1 N–H and O–H groups in total. The maximum atomic E-state index is 12.3. The molecule has 2 atom stereocenters. The van der Waals surface area contributed by atoms with Gasteiger partial charge in [-0.3, -0.25) is 4.79 Å². The van der Waals surface area contributed by atoms with E-state index < -0.39 is 14.6 Å². The van der Waals surface area contributed by atoms with Crippen LogP contribution in [0.15, 0.2) is 23.4 Å². The Kier molecular flexibility index (Phi) is 4.98. The number of aromatic nitrogens is 1. The van der Waals surface area contributed by atoms with E-state index in [1.54, 1.807) is 26.8 Å². The van der Waals surface area contributed by atoms with Crippen molar-refractivity contribution in [3.63, 3.8) is 0 Å². The molecule has 2 rings (SSSR count). The summed E-state index contributed by atoms with van der Waals surface area (Å²) in [5.74, 6) is -0.231. The van der Waals surface area contributed by atoms with Crippen molar-refractivity contribution in [1.82, 2.24) is 4.98 Å². The first kappa shape index (κ1) is 17.7. The summed E-state index contributed by atoms with van der Waals surface area (Å²) < 4.78 is 28.5. The van der Waals surface area contributed by atoms with Crippen molar-refractivity contribution in [1.29, 1.82) is 0 Å². The molecule has 0 bridgehead atoms. The number of rotatable bonds is 4. The van der Waals surface area contributed by atoms with Crippen molar-refractivity contribution >= 4 is 21.5 Å². The first-order chi connectivity index (χ1) is 10.6. The standard InChI is InChI=1S/C16H24N2O4S/c1-16(2,3)23(20,21)14-8-7-13(10-17-14)18-12-6-5-11(9-12)15(19)22-4/h7-8,10-12,18H,5-6,9H2,1-4H3/t11-,12+/m0/s1. The molecule has 0 spiro atoms. The summed E-state index contributed by atoms with van der Waals surface area (Å²) in [5, 5.41) is 3.38. The predicted octanol–water partition coefficient (Wildman–Crippen LogP) is 2.41. The van der Waals surface area contributed by atoms with Crippen LogP contribution in [0.3, 0.4) is 0 Å². The number of anilines is 1. The second-order valence-corrected chi connectivity index (χ2v) is 9.53. The summed E-state index contributed by atoms with van der Waals surface area (Å²) in [5.41, 5.74) is 0.758. The van der Waals surface area contributed by atoms with Crippen LogP contribution in [0.25, 0.3) is 0 Å². The Morgan fingerprint density at radius 3 is 2.52 bits per heavy atom. The minimum absolute atomic E-state index is 0.0639. The number of nitrogens with zero attached hydrogens (tertiary/aromatic N) is 1. The summed E-state index contributed by atoms with van der Waals surface area (Å²) in [6, 6.07) is 3.42. The van der Waals surface area contributed by atoms with Crippen LogP contribution in [0.1, 0.15) is 40.0 Å². The fourth-order valence-electron chi connectivity index (χ4n) is 2.67. The van der Waals surface area contributed by atoms with Gasteiger partial charge in [-0.2, -0.15) is 0 Å². The van der Waals surface area contributed by atoms with Gasteiger partial charge in [0.25, 0.3) is 0 Å². The summed E-state index contributed by atoms with van der Waals surface area (Å²) in [6.45, 7) is 4.96. The Labute approximate surface area is 137 Å². The molecule has 0 unspecified atom stereocenters. The van der Waals surface area contributed by atoms with Gasteiger partial charge in [-0.15, -0.1) is 0 Å². The van der Waals surface area contributed by atoms with Gasteiger partial charge >= 0.3 is 5.97 Å². The Morgan fingerprint density at radius 2 is 2.00 bits per heavy atom. The SMILES string of the molecule is COC(=O)[C@H]1CC[C@@H](Nc2ccc(S(=O)(=O)C(C)(C)C)nc2)C1. The van der Waals surface area contributed by atoms with E-state index in [0.717, 1.165) is 18.5 Å². The number of ether oxygens (including phenoxy) is 1. The molecule has 1 heterocycles. The molecule has 0 saturated heterocycles. The van der Waals surface area contributed by atoms with Crippen molar-refractivity contribution in [3.05, 3.63) is 18.3 Å². The smallest absolute Gasteiger partial charge is 0.308 e. The Morgan fingerprint density at radius 1 is 1.30 bits per heavy atom. The number of carbonyl (C=O) groups is 1. The van der Waals surface area contributed by atoms with Gasteiger partial charge in [-0.05, 0) is 52.2 Å². The number of methoxy groups -OCH3 is 1. The third-order valence-corrected chi connectivity index (χ3v) is 6.56. The van der Waals surface area contributed by atoms with E-state index in [4.69, 9.17) is 4.74 Å². The summed E-state index contributed by atoms with van der Waals surface area (Å²) >= 11 is 0. The molecule has 0 aromatic carbocycles. The number of esters is 1. The van der Waals surface area contributed by atoms with Crippen LogP contribution in [0, 0.1) is 5.92 Å². The normalized spacial score (nSPS) is 21.9. The van der Waals surface area contributed by atoms with Crippen molar-refractivity contribution < 1.29 is 17.9 Å². The minimum atomic E-state index is -3.44. The Balaban J connectivity index is 2.03. The predicted molar refractivity (Wildman–Crippen MR) is 87.9 cm³/mol. The molecule has 23 heavy (non-hydrogen) atoms. The number of pyridine rings is 1. The zero-order valence-electron chi connectivity index (χ0n) is 14.0. The van der Waals surface area contributed by atoms with Crippen LogP contribution in [-0.2, 0) is 19.4 Å². The van der Waals surface area contributed by atoms with Gasteiger partial charge in [-0.25, -0.2) is 13.4 Å². The van der Waals surface area contributed by atoms with Crippen molar-refractivity contribution in [3.8, 4) is 0 Å². The van der Waals surface area contributed by atoms with Crippen LogP contribution >= 0.6 is 0 Å². The van der Waals surface area contributed by atoms with Gasteiger partial charge in [0, 0.05) is 6.04 Å². The third-order valence-electron chi connectivity index (χ3n) is 4.16. The first-order valence-electron chi connectivity index (χ1n) is 7.70. The van der Waals surface area contributed by atoms with E-state index in [1.165, 1.54) is 19.4 Å². The topological polar surface area (TPSA) is 85.4 Å². The van der Waals surface area contributed by atoms with Gasteiger partial charge in [0.15, 0.2) is 14.9 Å². The summed E-state index contributed by atoms with van der Waals surface area (Å²) in [6.07, 6.45) is 3.93. The van der Waals surface area contributed by atoms with E-state index in [0.29, 0.717) is 6.42 Å². The maximum absolute atomic E-state index is 12.3. The van der Waals surface area contributed by atoms with Gasteiger partial charge < -0.3 is 10.1 Å². The highest BCUT2D eigenvalue weighted by atomic mass is 32.2. The molecule has 0 amide bonds. The fourth-order valence-corrected chi connectivity index (χ4v) is 3.73. The lowest BCUT2D eigenvalue weighted by Gasteiger charge is -2.19. The van der Waals surface area contributed by atoms with Gasteiger partial charge in [0.05, 0.1) is 29.7 Å². The zero-order valence-corrected chi connectivity index (χ0v) is 14.8. The molecule has 0 aliphatic heterocycles. The molecule has 128 valence electrons. The van der Waals surface area contributed by atoms with E-state index in [2.05, 4.69) is 10.3 Å². The maximum Gasteiger partial charge on any atom is 0.308 e. The Bertz CT molecular complexity index is 662. The van der Waals surface area contributed by atoms with Crippen molar-refractivity contribution in [2.45, 2.75) is 55.8 Å². The average Bonchev–Trinajstić information content (AvgIpc) is 2.94. The molecule has 6 nitrogen and oxygen atoms in total. The van der Waals surface area contributed by atoms with E-state index in [-0.39, 0.29) is 23.0 Å². The largest absolute Gasteiger partial charge is 0.469 e. The van der Waals surface area contributed by atoms with E-state index in [9.17, 15) is 13.2 Å². The molecule has 1 aromatic heterocycles. The van der Waals surface area contributed by atoms with Crippen molar-refractivity contribution in [2.24, 2.45) is 5.92 Å². The number of sulfone groups is 1. The van der Waals surface area contributed by atoms with Crippen LogP contribution in [0.5, 0.6) is 0 Å². The molecule has 1 aromatic rings. The second-order valence-electron chi connectivity index (χ2n) is 6.88. The van der Waals surface area contributed by atoms with Crippen LogP contribution in [0.4, 0.5) is 5.69 Å². The molecule has 1 aliphatic carbocycles. The monoisotopic (exact) mass is 340 g/mol. The van der Waals surface area contributed by atoms with E-state index in [1.807, 2.05) is 0 Å². The molecule has 1 aliphatic rings. The van der Waals surface area contributed by atoms with Crippen LogP contribution in [-0.4, -0.2) is 37.3 Å². The molecule has 1 fully saturated rings. The highest BCUT2D eigenvalue weighted by Gasteiger charge is 2.33. The number of carbonyl (C=O) groups excluding carboxylic acids is 1. The highest BCUT2D eigenvalue weighted by Crippen LogP contribution is 2.29. The second kappa shape index (κ2) is 6.47. The van der Waals surface area contributed by atoms with Gasteiger partial charge in [-0.1, -0.05) is 0 Å². The molecule has 7 heteroatoms. The summed E-state index contributed by atoms with van der Waals surface area (Å²) in [4.78, 5) is 15.6. The van der Waals surface area contributed by atoms with E-state index >= 15 is 0 Å². The lowest BCUT2D eigenvalue weighted by atomic mass is 10.1. The molecular weight excluding hydrogens is 316 g/mol. The fraction of sp³-hybridized carbons (Fsp3) is 0.625. The molecule has 0 radical (unpaired) electrons. The minimum Gasteiger partial charge on any atom is -0.469 e. The number of hydrogen-bond acceptors (Lipinski definition) is 6. The number of nitrogens with one attached hydrogen (secondary N) is 1.